The van der Waals surface area contributed by atoms with Crippen LogP contribution in [-0.4, -0.2) is 65.9 Å². The quantitative estimate of drug-likeness (QED) is 0.204. The molecule has 1 saturated heterocycles. The largest absolute Gasteiger partial charge is 0.491 e. The standard InChI is InChI=1S/C38H42ClN3O7Si/c1-25-35(50(3,4)47)33(22-34(44)40(19-20-43)23-26-9-6-5-7-10-26)49-38(25)30-21-28(39)14-17-31(30)42(37(38)46)24-27-12-15-29(16-13-27)41-18-8-11-32(48-2)36(41)45/h5-18,21,25,33,35,43,47H,19-20,22-24H2,1-4H3/t25-,33+,35-,38+/m1/s1. The van der Waals surface area contributed by atoms with Crippen molar-refractivity contribution in [3.8, 4) is 11.4 Å². The molecule has 1 fully saturated rings. The second-order valence-corrected chi connectivity index (χ2v) is 18.0. The first-order valence-electron chi connectivity index (χ1n) is 16.7. The Morgan fingerprint density at radius 1 is 1.02 bits per heavy atom. The summed E-state index contributed by atoms with van der Waals surface area (Å²) in [6.45, 7) is 6.02. The lowest BCUT2D eigenvalue weighted by Gasteiger charge is -2.32. The highest BCUT2D eigenvalue weighted by Gasteiger charge is 2.66. The van der Waals surface area contributed by atoms with Crippen LogP contribution in [0.2, 0.25) is 23.7 Å². The highest BCUT2D eigenvalue weighted by atomic mass is 35.5. The maximum absolute atomic E-state index is 14.8. The van der Waals surface area contributed by atoms with Gasteiger partial charge >= 0.3 is 0 Å². The Hall–Kier alpha value is -4.26. The van der Waals surface area contributed by atoms with Crippen molar-refractivity contribution < 1.29 is 29.0 Å². The lowest BCUT2D eigenvalue weighted by atomic mass is 9.82. The Morgan fingerprint density at radius 3 is 2.40 bits per heavy atom. The molecule has 50 heavy (non-hydrogen) atoms. The molecule has 4 aromatic rings. The summed E-state index contributed by atoms with van der Waals surface area (Å²) in [7, 11) is -1.58. The fraction of sp³-hybridized carbons (Fsp3) is 0.342. The first-order valence-corrected chi connectivity index (χ1v) is 20.1. The number of fused-ring (bicyclic) bond motifs is 2. The number of ether oxygens (including phenoxy) is 2. The zero-order valence-corrected chi connectivity index (χ0v) is 30.3. The SMILES string of the molecule is COc1cccn(-c2ccc(CN3C(=O)[C@@]4(O[C@@H](CC(=O)N(CCO)Cc5ccccc5)[C@H]([Si](C)(C)O)[C@H]4C)c4cc(Cl)ccc43)cc2)c1=O. The summed E-state index contributed by atoms with van der Waals surface area (Å²) in [4.78, 5) is 56.4. The molecule has 4 atom stereocenters. The monoisotopic (exact) mass is 715 g/mol. The molecular formula is C38H42ClN3O7Si. The maximum Gasteiger partial charge on any atom is 0.297 e. The number of carbonyl (C=O) groups excluding carboxylic acids is 2. The lowest BCUT2D eigenvalue weighted by Crippen LogP contribution is -2.46. The summed E-state index contributed by atoms with van der Waals surface area (Å²) in [5.41, 5.74) is 1.43. The highest BCUT2D eigenvalue weighted by Crippen LogP contribution is 2.60. The number of hydrogen-bond acceptors (Lipinski definition) is 7. The molecule has 1 spiro atoms. The molecule has 0 aliphatic carbocycles. The first-order chi connectivity index (χ1) is 23.9. The van der Waals surface area contributed by atoms with Crippen molar-refractivity contribution in [1.29, 1.82) is 0 Å². The van der Waals surface area contributed by atoms with E-state index >= 15 is 0 Å². The van der Waals surface area contributed by atoms with Crippen molar-refractivity contribution in [3.63, 3.8) is 0 Å². The van der Waals surface area contributed by atoms with Crippen molar-refractivity contribution in [2.45, 2.75) is 56.8 Å². The summed E-state index contributed by atoms with van der Waals surface area (Å²) >= 11 is 6.55. The Morgan fingerprint density at radius 2 is 1.74 bits per heavy atom. The van der Waals surface area contributed by atoms with Crippen LogP contribution in [0.4, 0.5) is 5.69 Å². The number of pyridine rings is 1. The second kappa shape index (κ2) is 14.2. The third-order valence-corrected chi connectivity index (χ3v) is 12.7. The van der Waals surface area contributed by atoms with Crippen LogP contribution in [0.25, 0.3) is 5.69 Å². The summed E-state index contributed by atoms with van der Waals surface area (Å²) < 4.78 is 13.5. The minimum atomic E-state index is -3.03. The maximum atomic E-state index is 14.8. The van der Waals surface area contributed by atoms with Crippen LogP contribution in [0.5, 0.6) is 5.75 Å². The van der Waals surface area contributed by atoms with E-state index < -0.39 is 31.5 Å². The van der Waals surface area contributed by atoms with Gasteiger partial charge in [0, 0.05) is 47.0 Å². The number of aromatic nitrogens is 1. The molecule has 3 heterocycles. The summed E-state index contributed by atoms with van der Waals surface area (Å²) in [5.74, 6) is -0.770. The van der Waals surface area contributed by atoms with Crippen LogP contribution in [0.3, 0.4) is 0 Å². The molecule has 2 amide bonds. The van der Waals surface area contributed by atoms with Gasteiger partial charge in [0.1, 0.15) is 0 Å². The third kappa shape index (κ3) is 6.51. The summed E-state index contributed by atoms with van der Waals surface area (Å²) in [6.07, 6.45) is 0.854. The van der Waals surface area contributed by atoms with Crippen molar-refractivity contribution >= 4 is 37.4 Å². The molecule has 6 rings (SSSR count). The Kier molecular flexibility index (Phi) is 10.1. The summed E-state index contributed by atoms with van der Waals surface area (Å²) in [5, 5.41) is 10.2. The van der Waals surface area contributed by atoms with Crippen molar-refractivity contribution in [2.24, 2.45) is 5.92 Å². The van der Waals surface area contributed by atoms with Crippen molar-refractivity contribution in [3.05, 3.63) is 123 Å². The molecule has 10 nitrogen and oxygen atoms in total. The van der Waals surface area contributed by atoms with Crippen LogP contribution in [-0.2, 0) is 33.0 Å². The van der Waals surface area contributed by atoms with E-state index in [0.717, 1.165) is 11.1 Å². The van der Waals surface area contributed by atoms with Crippen LogP contribution >= 0.6 is 11.6 Å². The zero-order chi connectivity index (χ0) is 35.8. The van der Waals surface area contributed by atoms with E-state index in [4.69, 9.17) is 21.1 Å². The molecule has 3 aromatic carbocycles. The van der Waals surface area contributed by atoms with Crippen molar-refractivity contribution in [1.82, 2.24) is 9.47 Å². The fourth-order valence-corrected chi connectivity index (χ4v) is 10.4. The number of aliphatic hydroxyl groups is 1. The van der Waals surface area contributed by atoms with Gasteiger partial charge in [0.2, 0.25) is 5.91 Å². The van der Waals surface area contributed by atoms with E-state index in [1.807, 2.05) is 80.7 Å². The van der Waals surface area contributed by atoms with Crippen LogP contribution < -0.4 is 15.2 Å². The molecule has 2 N–H and O–H groups in total. The van der Waals surface area contributed by atoms with Gasteiger partial charge in [0.15, 0.2) is 19.7 Å². The molecule has 2 aliphatic heterocycles. The number of carbonyl (C=O) groups is 2. The van der Waals surface area contributed by atoms with Gasteiger partial charge in [0.05, 0.1) is 38.5 Å². The van der Waals surface area contributed by atoms with Gasteiger partial charge in [-0.3, -0.25) is 19.0 Å². The minimum absolute atomic E-state index is 0.0607. The topological polar surface area (TPSA) is 122 Å². The van der Waals surface area contributed by atoms with E-state index in [1.165, 1.54) is 11.7 Å². The van der Waals surface area contributed by atoms with Crippen LogP contribution in [0.1, 0.15) is 30.0 Å². The molecule has 2 aliphatic rings. The van der Waals surface area contributed by atoms with E-state index in [2.05, 4.69) is 0 Å². The van der Waals surface area contributed by atoms with Gasteiger partial charge < -0.3 is 29.2 Å². The lowest BCUT2D eigenvalue weighted by molar-refractivity contribution is -0.150. The van der Waals surface area contributed by atoms with E-state index in [0.29, 0.717) is 28.5 Å². The average Bonchev–Trinajstić information content (AvgIpc) is 3.51. The van der Waals surface area contributed by atoms with Gasteiger partial charge in [-0.05, 0) is 66.7 Å². The van der Waals surface area contributed by atoms with E-state index in [-0.39, 0.29) is 49.2 Å². The first kappa shape index (κ1) is 35.6. The Labute approximate surface area is 297 Å². The fourth-order valence-electron chi connectivity index (χ4n) is 7.70. The number of amides is 2. The Balaban J connectivity index is 1.32. The molecule has 0 saturated carbocycles. The summed E-state index contributed by atoms with van der Waals surface area (Å²) in [6, 6.07) is 25.5. The third-order valence-electron chi connectivity index (χ3n) is 9.95. The number of halogens is 1. The van der Waals surface area contributed by atoms with Gasteiger partial charge in [-0.2, -0.15) is 0 Å². The predicted octanol–water partition coefficient (Wildman–Crippen LogP) is 5.26. The van der Waals surface area contributed by atoms with E-state index in [9.17, 15) is 24.3 Å². The van der Waals surface area contributed by atoms with Gasteiger partial charge in [0.25, 0.3) is 11.5 Å². The van der Waals surface area contributed by atoms with Crippen LogP contribution in [0, 0.1) is 5.92 Å². The van der Waals surface area contributed by atoms with Gasteiger partial charge in [-0.15, -0.1) is 0 Å². The molecule has 0 radical (unpaired) electrons. The van der Waals surface area contributed by atoms with Gasteiger partial charge in [-0.1, -0.05) is 61.0 Å². The predicted molar refractivity (Wildman–Crippen MR) is 194 cm³/mol. The van der Waals surface area contributed by atoms with Crippen molar-refractivity contribution in [2.75, 3.05) is 25.2 Å². The molecular weight excluding hydrogens is 674 g/mol. The molecule has 1 aromatic heterocycles. The number of aliphatic hydroxyl groups excluding tert-OH is 1. The molecule has 0 bridgehead atoms. The van der Waals surface area contributed by atoms with Crippen LogP contribution in [0.15, 0.2) is 95.9 Å². The molecule has 12 heteroatoms. The molecule has 262 valence electrons. The normalized spacial score (nSPS) is 21.5. The number of rotatable bonds is 11. The van der Waals surface area contributed by atoms with E-state index in [1.54, 1.807) is 40.3 Å². The highest BCUT2D eigenvalue weighted by molar-refractivity contribution is 6.71. The number of hydrogen-bond donors (Lipinski definition) is 2. The number of anilines is 1. The van der Waals surface area contributed by atoms with Gasteiger partial charge in [-0.25, -0.2) is 0 Å². The number of benzene rings is 3. The number of methoxy groups -OCH3 is 1. The smallest absolute Gasteiger partial charge is 0.297 e. The minimum Gasteiger partial charge on any atom is -0.491 e. The molecule has 0 unspecified atom stereocenters. The second-order valence-electron chi connectivity index (χ2n) is 13.6. The number of nitrogens with zero attached hydrogens (tertiary/aromatic N) is 3. The Bertz CT molecular complexity index is 1930. The zero-order valence-electron chi connectivity index (χ0n) is 28.6. The average molecular weight is 716 g/mol.